The summed E-state index contributed by atoms with van der Waals surface area (Å²) in [4.78, 5) is 25.9. The van der Waals surface area contributed by atoms with Gasteiger partial charge in [-0.05, 0) is 35.2 Å². The van der Waals surface area contributed by atoms with Crippen LogP contribution in [0.5, 0.6) is 5.75 Å². The van der Waals surface area contributed by atoms with Gasteiger partial charge >= 0.3 is 0 Å². The van der Waals surface area contributed by atoms with Crippen molar-refractivity contribution in [2.75, 3.05) is 7.05 Å². The number of nitrogens with one attached hydrogen (secondary N) is 2. The van der Waals surface area contributed by atoms with E-state index < -0.39 is 11.3 Å². The molecule has 188 valence electrons. The Kier molecular flexibility index (Phi) is 7.89. The van der Waals surface area contributed by atoms with Crippen LogP contribution in [0.1, 0.15) is 52.6 Å². The Labute approximate surface area is 220 Å². The molecule has 0 aliphatic heterocycles. The van der Waals surface area contributed by atoms with Gasteiger partial charge in [-0.3, -0.25) is 15.0 Å². The lowest BCUT2D eigenvalue weighted by atomic mass is 9.83. The second kappa shape index (κ2) is 10.5. The van der Waals surface area contributed by atoms with Crippen molar-refractivity contribution in [3.8, 4) is 5.75 Å². The number of imidazole rings is 1. The molecule has 36 heavy (non-hydrogen) atoms. The third-order valence-corrected chi connectivity index (χ3v) is 6.17. The highest BCUT2D eigenvalue weighted by Crippen LogP contribution is 2.34. The van der Waals surface area contributed by atoms with Gasteiger partial charge < -0.3 is 19.6 Å². The number of aromatic hydroxyl groups is 1. The van der Waals surface area contributed by atoms with E-state index in [-0.39, 0.29) is 46.2 Å². The molecular weight excluding hydrogens is 520 g/mol. The number of hydrogen-bond donors (Lipinski definition) is 3. The number of amides is 1. The smallest absolute Gasteiger partial charge is 0.254 e. The molecule has 0 fully saturated rings. The Bertz CT molecular complexity index is 1480. The van der Waals surface area contributed by atoms with Crippen molar-refractivity contribution in [2.45, 2.75) is 39.3 Å². The van der Waals surface area contributed by atoms with E-state index in [1.165, 1.54) is 13.1 Å². The molecule has 0 unspecified atom stereocenters. The average molecular weight is 551 g/mol. The summed E-state index contributed by atoms with van der Waals surface area (Å²) in [6, 6.07) is 20.6. The number of halogens is 1. The van der Waals surface area contributed by atoms with E-state index in [2.05, 4.69) is 5.32 Å². The zero-order valence-corrected chi connectivity index (χ0v) is 22.5. The lowest BCUT2D eigenvalue weighted by Gasteiger charge is -2.23. The van der Waals surface area contributed by atoms with Crippen LogP contribution in [-0.2, 0) is 18.5 Å². The molecule has 1 amide bonds. The number of ketones is 1. The molecule has 0 saturated heterocycles. The zero-order valence-electron chi connectivity index (χ0n) is 20.8. The summed E-state index contributed by atoms with van der Waals surface area (Å²) in [5.74, 6) is -0.834. The first kappa shape index (κ1) is 26.9. The number of carbonyl (C=O) groups is 2. The number of phenols is 1. The maximum atomic E-state index is 13.5. The monoisotopic (exact) mass is 550 g/mol. The van der Waals surface area contributed by atoms with Crippen LogP contribution in [0.2, 0.25) is 0 Å². The Hall–Kier alpha value is -3.65. The molecule has 3 N–H and O–H groups in total. The number of Topliss-reactive ketones (excluding diaryl/α,β-unsaturated/α-hetero) is 1. The van der Waals surface area contributed by atoms with Crippen LogP contribution < -0.4 is 10.9 Å². The molecule has 1 aromatic heterocycles. The standard InChI is InChI=1S/C28H30N4O3.BrH/c1-28(2,3)21-15-19(14-20(25(21)34)26(35)30-4)24(33)17-32-23-13-9-8-12-22(23)31(27(32)29)16-18-10-6-5-7-11-18;/h5-15,29,34H,16-17H2,1-4H3,(H,30,35);1H. The maximum absolute atomic E-state index is 13.5. The van der Waals surface area contributed by atoms with Crippen molar-refractivity contribution in [1.82, 2.24) is 14.5 Å². The van der Waals surface area contributed by atoms with Crippen molar-refractivity contribution >= 4 is 39.7 Å². The van der Waals surface area contributed by atoms with Crippen molar-refractivity contribution in [3.63, 3.8) is 0 Å². The predicted octanol–water partition coefficient (Wildman–Crippen LogP) is 4.79. The quantitative estimate of drug-likeness (QED) is 0.301. The topological polar surface area (TPSA) is 100 Å². The van der Waals surface area contributed by atoms with Gasteiger partial charge in [-0.2, -0.15) is 0 Å². The number of para-hydroxylation sites is 2. The zero-order chi connectivity index (χ0) is 25.3. The number of hydrogen-bond acceptors (Lipinski definition) is 4. The van der Waals surface area contributed by atoms with Gasteiger partial charge in [0.05, 0.1) is 29.7 Å². The first-order valence-corrected chi connectivity index (χ1v) is 11.5. The summed E-state index contributed by atoms with van der Waals surface area (Å²) < 4.78 is 3.56. The van der Waals surface area contributed by atoms with Crippen LogP contribution in [0.15, 0.2) is 66.7 Å². The van der Waals surface area contributed by atoms with E-state index in [0.29, 0.717) is 17.7 Å². The second-order valence-corrected chi connectivity index (χ2v) is 9.64. The Morgan fingerprint density at radius 3 is 2.11 bits per heavy atom. The van der Waals surface area contributed by atoms with E-state index in [0.717, 1.165) is 16.6 Å². The van der Waals surface area contributed by atoms with Crippen LogP contribution in [-0.4, -0.2) is 33.0 Å². The van der Waals surface area contributed by atoms with Crippen molar-refractivity contribution in [2.24, 2.45) is 0 Å². The summed E-state index contributed by atoms with van der Waals surface area (Å²) in [5, 5.41) is 22.1. The van der Waals surface area contributed by atoms with E-state index in [1.54, 1.807) is 10.6 Å². The van der Waals surface area contributed by atoms with Gasteiger partial charge in [0, 0.05) is 18.2 Å². The average Bonchev–Trinajstić information content (AvgIpc) is 3.09. The van der Waals surface area contributed by atoms with Gasteiger partial charge in [0.15, 0.2) is 5.78 Å². The van der Waals surface area contributed by atoms with Gasteiger partial charge in [0.25, 0.3) is 5.91 Å². The highest BCUT2D eigenvalue weighted by Gasteiger charge is 2.26. The molecule has 0 spiro atoms. The fraction of sp³-hybridized carbons (Fsp3) is 0.250. The summed E-state index contributed by atoms with van der Waals surface area (Å²) in [7, 11) is 1.48. The van der Waals surface area contributed by atoms with Gasteiger partial charge in [0.2, 0.25) is 5.62 Å². The minimum absolute atomic E-state index is 0. The van der Waals surface area contributed by atoms with E-state index in [1.807, 2.05) is 79.9 Å². The molecule has 4 rings (SSSR count). The Balaban J connectivity index is 0.00000361. The number of nitrogens with zero attached hydrogens (tertiary/aromatic N) is 2. The highest BCUT2D eigenvalue weighted by molar-refractivity contribution is 8.93. The minimum atomic E-state index is -0.484. The number of benzene rings is 3. The number of phenolic OH excluding ortho intramolecular Hbond substituents is 1. The lowest BCUT2D eigenvalue weighted by Crippen LogP contribution is -2.28. The molecule has 8 heteroatoms. The molecule has 0 aliphatic rings. The van der Waals surface area contributed by atoms with Crippen LogP contribution in [0.4, 0.5) is 0 Å². The Morgan fingerprint density at radius 2 is 1.53 bits per heavy atom. The molecule has 0 atom stereocenters. The summed E-state index contributed by atoms with van der Waals surface area (Å²) in [6.45, 7) is 6.19. The lowest BCUT2D eigenvalue weighted by molar-refractivity contribution is 0.0960. The van der Waals surface area contributed by atoms with E-state index in [9.17, 15) is 14.7 Å². The molecule has 3 aromatic carbocycles. The number of rotatable bonds is 6. The molecule has 0 aliphatic carbocycles. The van der Waals surface area contributed by atoms with Crippen molar-refractivity contribution in [1.29, 1.82) is 5.41 Å². The summed E-state index contributed by atoms with van der Waals surface area (Å²) in [6.07, 6.45) is 0. The molecule has 0 saturated carbocycles. The molecule has 7 nitrogen and oxygen atoms in total. The summed E-state index contributed by atoms with van der Waals surface area (Å²) >= 11 is 0. The molecule has 4 aromatic rings. The molecule has 1 heterocycles. The highest BCUT2D eigenvalue weighted by atomic mass is 79.9. The van der Waals surface area contributed by atoms with Gasteiger partial charge in [0.1, 0.15) is 5.75 Å². The van der Waals surface area contributed by atoms with Gasteiger partial charge in [-0.25, -0.2) is 0 Å². The van der Waals surface area contributed by atoms with E-state index in [4.69, 9.17) is 5.41 Å². The van der Waals surface area contributed by atoms with Crippen molar-refractivity contribution in [3.05, 3.63) is 94.6 Å². The van der Waals surface area contributed by atoms with Gasteiger partial charge in [-0.15, -0.1) is 17.0 Å². The van der Waals surface area contributed by atoms with Crippen LogP contribution in [0, 0.1) is 5.41 Å². The Morgan fingerprint density at radius 1 is 0.944 bits per heavy atom. The normalized spacial score (nSPS) is 11.2. The largest absolute Gasteiger partial charge is 0.507 e. The number of fused-ring (bicyclic) bond motifs is 1. The fourth-order valence-electron chi connectivity index (χ4n) is 4.29. The molecular formula is C28H31BrN4O3. The third kappa shape index (κ3) is 5.14. The second-order valence-electron chi connectivity index (χ2n) is 9.64. The predicted molar refractivity (Wildman–Crippen MR) is 146 cm³/mol. The third-order valence-electron chi connectivity index (χ3n) is 6.17. The number of aromatic nitrogens is 2. The first-order valence-electron chi connectivity index (χ1n) is 11.5. The van der Waals surface area contributed by atoms with E-state index >= 15 is 0 Å². The van der Waals surface area contributed by atoms with Crippen molar-refractivity contribution < 1.29 is 14.7 Å². The fourth-order valence-corrected chi connectivity index (χ4v) is 4.29. The molecule has 0 radical (unpaired) electrons. The number of carbonyl (C=O) groups excluding carboxylic acids is 2. The molecule has 0 bridgehead atoms. The summed E-state index contributed by atoms with van der Waals surface area (Å²) in [5.41, 5.74) is 3.33. The SMILES string of the molecule is Br.CNC(=O)c1cc(C(=O)Cn2c(=N)n(Cc3ccccc3)c3ccccc32)cc(C(C)(C)C)c1O. The first-order chi connectivity index (χ1) is 16.6. The van der Waals surface area contributed by atoms with Crippen LogP contribution in [0.3, 0.4) is 0 Å². The maximum Gasteiger partial charge on any atom is 0.254 e. The minimum Gasteiger partial charge on any atom is -0.507 e. The van der Waals surface area contributed by atoms with Crippen LogP contribution >= 0.6 is 17.0 Å². The van der Waals surface area contributed by atoms with Gasteiger partial charge in [-0.1, -0.05) is 63.2 Å². The van der Waals surface area contributed by atoms with Crippen LogP contribution in [0.25, 0.3) is 11.0 Å².